The molecule has 0 atom stereocenters. The summed E-state index contributed by atoms with van der Waals surface area (Å²) in [4.78, 5) is 0. The van der Waals surface area contributed by atoms with Gasteiger partial charge in [0.1, 0.15) is 0 Å². The zero-order valence-electron chi connectivity index (χ0n) is 7.82. The summed E-state index contributed by atoms with van der Waals surface area (Å²) >= 11 is 5.86. The average Bonchev–Trinajstić information content (AvgIpc) is 2.16. The van der Waals surface area contributed by atoms with Gasteiger partial charge in [-0.2, -0.15) is 0 Å². The molecule has 0 saturated heterocycles. The van der Waals surface area contributed by atoms with Crippen LogP contribution in [0, 0.1) is 3.57 Å². The molecule has 0 aromatic heterocycles. The number of rotatable bonds is 4. The van der Waals surface area contributed by atoms with E-state index in [-0.39, 0.29) is 0 Å². The molecule has 0 spiro atoms. The van der Waals surface area contributed by atoms with E-state index in [4.69, 9.17) is 0 Å². The van der Waals surface area contributed by atoms with Gasteiger partial charge in [-0.05, 0) is 59.0 Å². The molecule has 0 radical (unpaired) electrons. The summed E-state index contributed by atoms with van der Waals surface area (Å²) in [6.45, 7) is 2.21. The number of aryl methyl sites for hydroxylation is 2. The summed E-state index contributed by atoms with van der Waals surface area (Å²) in [6, 6.07) is 6.80. The molecule has 1 rings (SSSR count). The van der Waals surface area contributed by atoms with Gasteiger partial charge in [0.15, 0.2) is 0 Å². The molecule has 0 aliphatic heterocycles. The van der Waals surface area contributed by atoms with Gasteiger partial charge in [0, 0.05) is 8.90 Å². The Bertz CT molecular complexity index is 271. The van der Waals surface area contributed by atoms with Gasteiger partial charge in [0.2, 0.25) is 0 Å². The molecule has 0 bridgehead atoms. The molecule has 1 aromatic rings. The number of hydrogen-bond donors (Lipinski definition) is 0. The van der Waals surface area contributed by atoms with Crippen LogP contribution in [-0.2, 0) is 12.8 Å². The molecular formula is C11H14BrI. The SMILES string of the molecule is CCc1cc(CCCBr)ccc1I. The lowest BCUT2D eigenvalue weighted by molar-refractivity contribution is 0.933. The lowest BCUT2D eigenvalue weighted by atomic mass is 10.1. The predicted molar refractivity (Wildman–Crippen MR) is 70.7 cm³/mol. The average molecular weight is 353 g/mol. The Hall–Kier alpha value is 0.430. The minimum absolute atomic E-state index is 1.10. The standard InChI is InChI=1S/C11H14BrI/c1-2-10-8-9(4-3-7-12)5-6-11(10)13/h5-6,8H,2-4,7H2,1H3. The highest BCUT2D eigenvalue weighted by Gasteiger charge is 1.99. The number of benzene rings is 1. The smallest absolute Gasteiger partial charge is 0.0162 e. The minimum atomic E-state index is 1.10. The van der Waals surface area contributed by atoms with E-state index in [1.54, 1.807) is 0 Å². The first kappa shape index (κ1) is 11.5. The fourth-order valence-electron chi connectivity index (χ4n) is 1.33. The van der Waals surface area contributed by atoms with Crippen LogP contribution < -0.4 is 0 Å². The summed E-state index contributed by atoms with van der Waals surface area (Å²) in [6.07, 6.45) is 3.55. The van der Waals surface area contributed by atoms with E-state index in [1.807, 2.05) is 0 Å². The third-order valence-corrected chi connectivity index (χ3v) is 3.70. The lowest BCUT2D eigenvalue weighted by Gasteiger charge is -2.05. The molecule has 72 valence electrons. The van der Waals surface area contributed by atoms with E-state index in [0.717, 1.165) is 11.8 Å². The second-order valence-corrected chi connectivity index (χ2v) is 5.03. The highest BCUT2D eigenvalue weighted by atomic mass is 127. The van der Waals surface area contributed by atoms with Crippen LogP contribution in [0.25, 0.3) is 0 Å². The first-order valence-corrected chi connectivity index (χ1v) is 6.81. The van der Waals surface area contributed by atoms with E-state index in [0.29, 0.717) is 0 Å². The Balaban J connectivity index is 2.74. The quantitative estimate of drug-likeness (QED) is 0.563. The molecule has 0 unspecified atom stereocenters. The zero-order valence-corrected chi connectivity index (χ0v) is 11.6. The van der Waals surface area contributed by atoms with Crippen molar-refractivity contribution in [3.63, 3.8) is 0 Å². The van der Waals surface area contributed by atoms with Gasteiger partial charge < -0.3 is 0 Å². The third kappa shape index (κ3) is 3.58. The van der Waals surface area contributed by atoms with Crippen molar-refractivity contribution in [2.24, 2.45) is 0 Å². The van der Waals surface area contributed by atoms with Gasteiger partial charge in [-0.1, -0.05) is 35.0 Å². The van der Waals surface area contributed by atoms with Crippen LogP contribution in [0.3, 0.4) is 0 Å². The Morgan fingerprint density at radius 2 is 2.15 bits per heavy atom. The van der Waals surface area contributed by atoms with Crippen LogP contribution in [0.1, 0.15) is 24.5 Å². The van der Waals surface area contributed by atoms with Crippen molar-refractivity contribution in [1.82, 2.24) is 0 Å². The first-order valence-electron chi connectivity index (χ1n) is 4.61. The molecule has 0 amide bonds. The van der Waals surface area contributed by atoms with Crippen molar-refractivity contribution < 1.29 is 0 Å². The number of halogens is 2. The molecule has 0 aliphatic rings. The second-order valence-electron chi connectivity index (χ2n) is 3.07. The molecule has 0 saturated carbocycles. The van der Waals surface area contributed by atoms with Crippen molar-refractivity contribution in [3.8, 4) is 0 Å². The van der Waals surface area contributed by atoms with Gasteiger partial charge in [0.05, 0.1) is 0 Å². The summed E-state index contributed by atoms with van der Waals surface area (Å²) in [7, 11) is 0. The van der Waals surface area contributed by atoms with Gasteiger partial charge in [-0.3, -0.25) is 0 Å². The van der Waals surface area contributed by atoms with Crippen LogP contribution in [0.2, 0.25) is 0 Å². The summed E-state index contributed by atoms with van der Waals surface area (Å²) in [5.41, 5.74) is 2.95. The molecule has 2 heteroatoms. The van der Waals surface area contributed by atoms with Crippen molar-refractivity contribution in [1.29, 1.82) is 0 Å². The van der Waals surface area contributed by atoms with Crippen molar-refractivity contribution >= 4 is 38.5 Å². The number of hydrogen-bond acceptors (Lipinski definition) is 0. The normalized spacial score (nSPS) is 10.4. The van der Waals surface area contributed by atoms with Crippen LogP contribution in [0.4, 0.5) is 0 Å². The Labute approximate surface area is 102 Å². The Morgan fingerprint density at radius 1 is 1.38 bits per heavy atom. The van der Waals surface area contributed by atoms with E-state index in [2.05, 4.69) is 63.6 Å². The van der Waals surface area contributed by atoms with Crippen LogP contribution in [0.15, 0.2) is 18.2 Å². The fourth-order valence-corrected chi connectivity index (χ4v) is 2.32. The van der Waals surface area contributed by atoms with E-state index < -0.39 is 0 Å². The molecule has 0 aliphatic carbocycles. The fraction of sp³-hybridized carbons (Fsp3) is 0.455. The zero-order chi connectivity index (χ0) is 9.68. The van der Waals surface area contributed by atoms with E-state index >= 15 is 0 Å². The highest BCUT2D eigenvalue weighted by molar-refractivity contribution is 14.1. The van der Waals surface area contributed by atoms with Gasteiger partial charge in [-0.15, -0.1) is 0 Å². The predicted octanol–water partition coefficient (Wildman–Crippen LogP) is 4.18. The molecule has 0 N–H and O–H groups in total. The first-order chi connectivity index (χ1) is 6.27. The molecule has 0 fully saturated rings. The summed E-state index contributed by atoms with van der Waals surface area (Å²) in [5.74, 6) is 0. The monoisotopic (exact) mass is 352 g/mol. The molecular weight excluding hydrogens is 339 g/mol. The molecule has 13 heavy (non-hydrogen) atoms. The van der Waals surface area contributed by atoms with Crippen LogP contribution >= 0.6 is 38.5 Å². The molecule has 1 aromatic carbocycles. The number of alkyl halides is 1. The van der Waals surface area contributed by atoms with Crippen molar-refractivity contribution in [2.45, 2.75) is 26.2 Å². The second kappa shape index (κ2) is 6.02. The maximum Gasteiger partial charge on any atom is 0.0162 e. The van der Waals surface area contributed by atoms with E-state index in [1.165, 1.54) is 27.5 Å². The Morgan fingerprint density at radius 3 is 2.77 bits per heavy atom. The van der Waals surface area contributed by atoms with Gasteiger partial charge in [0.25, 0.3) is 0 Å². The molecule has 0 heterocycles. The largest absolute Gasteiger partial charge is 0.0928 e. The van der Waals surface area contributed by atoms with Crippen molar-refractivity contribution in [3.05, 3.63) is 32.9 Å². The van der Waals surface area contributed by atoms with Gasteiger partial charge >= 0.3 is 0 Å². The maximum atomic E-state index is 3.46. The third-order valence-electron chi connectivity index (χ3n) is 2.09. The van der Waals surface area contributed by atoms with Gasteiger partial charge in [-0.25, -0.2) is 0 Å². The summed E-state index contributed by atoms with van der Waals surface area (Å²) < 4.78 is 1.39. The minimum Gasteiger partial charge on any atom is -0.0928 e. The Kier molecular flexibility index (Phi) is 5.32. The van der Waals surface area contributed by atoms with Crippen LogP contribution in [-0.4, -0.2) is 5.33 Å². The lowest BCUT2D eigenvalue weighted by Crippen LogP contribution is -1.91. The van der Waals surface area contributed by atoms with Crippen molar-refractivity contribution in [2.75, 3.05) is 5.33 Å². The highest BCUT2D eigenvalue weighted by Crippen LogP contribution is 2.16. The molecule has 0 nitrogen and oxygen atoms in total. The van der Waals surface area contributed by atoms with E-state index in [9.17, 15) is 0 Å². The topological polar surface area (TPSA) is 0 Å². The maximum absolute atomic E-state index is 3.46. The van der Waals surface area contributed by atoms with Crippen LogP contribution in [0.5, 0.6) is 0 Å². The summed E-state index contributed by atoms with van der Waals surface area (Å²) in [5, 5.41) is 1.10.